The van der Waals surface area contributed by atoms with Crippen LogP contribution in [0.2, 0.25) is 10.0 Å². The van der Waals surface area contributed by atoms with Crippen molar-refractivity contribution in [3.8, 4) is 5.75 Å². The van der Waals surface area contributed by atoms with Crippen LogP contribution < -0.4 is 15.1 Å². The largest absolute Gasteiger partial charge is 0.487 e. The van der Waals surface area contributed by atoms with Gasteiger partial charge in [0.25, 0.3) is 0 Å². The number of nitrogens with zero attached hydrogens (tertiary/aromatic N) is 3. The molecule has 0 aliphatic carbocycles. The minimum atomic E-state index is -1.36. The molecule has 8 nitrogen and oxygen atoms in total. The molecule has 0 amide bonds. The number of halogens is 3. The monoisotopic (exact) mass is 533 g/mol. The Kier molecular flexibility index (Phi) is 6.40. The summed E-state index contributed by atoms with van der Waals surface area (Å²) in [5.41, 5.74) is -0.141. The number of ether oxygens (including phenoxy) is 1. The van der Waals surface area contributed by atoms with Gasteiger partial charge in [-0.2, -0.15) is 0 Å². The van der Waals surface area contributed by atoms with Gasteiger partial charge in [0.15, 0.2) is 17.3 Å². The summed E-state index contributed by atoms with van der Waals surface area (Å²) in [4.78, 5) is 40.9. The first-order valence-electron chi connectivity index (χ1n) is 11.4. The maximum absolute atomic E-state index is 15.4. The van der Waals surface area contributed by atoms with Crippen LogP contribution >= 0.6 is 23.2 Å². The lowest BCUT2D eigenvalue weighted by atomic mass is 10.1. The van der Waals surface area contributed by atoms with Crippen LogP contribution in [0.4, 0.5) is 10.1 Å². The highest BCUT2D eigenvalue weighted by Gasteiger charge is 2.31. The van der Waals surface area contributed by atoms with Crippen LogP contribution in [0.5, 0.6) is 5.75 Å². The van der Waals surface area contributed by atoms with E-state index in [-0.39, 0.29) is 41.8 Å². The van der Waals surface area contributed by atoms with Crippen LogP contribution in [-0.4, -0.2) is 65.7 Å². The summed E-state index contributed by atoms with van der Waals surface area (Å²) < 4.78 is 23.0. The van der Waals surface area contributed by atoms with Gasteiger partial charge >= 0.3 is 5.97 Å². The van der Waals surface area contributed by atoms with E-state index in [0.29, 0.717) is 47.3 Å². The molecule has 0 radical (unpaired) electrons. The average molecular weight is 534 g/mol. The number of benzene rings is 2. The van der Waals surface area contributed by atoms with Crippen molar-refractivity contribution in [1.82, 2.24) is 9.47 Å². The van der Waals surface area contributed by atoms with Crippen molar-refractivity contribution in [1.29, 1.82) is 0 Å². The molecule has 1 atom stereocenters. The van der Waals surface area contributed by atoms with E-state index in [1.807, 2.05) is 16.7 Å². The van der Waals surface area contributed by atoms with Gasteiger partial charge < -0.3 is 19.3 Å². The number of anilines is 1. The summed E-state index contributed by atoms with van der Waals surface area (Å²) in [5, 5.41) is 10.2. The lowest BCUT2D eigenvalue weighted by Gasteiger charge is -2.38. The van der Waals surface area contributed by atoms with Gasteiger partial charge in [-0.3, -0.25) is 14.5 Å². The zero-order chi connectivity index (χ0) is 25.7. The molecule has 0 saturated carbocycles. The first-order chi connectivity index (χ1) is 17.2. The normalized spacial score (nSPS) is 17.8. The fraction of sp³-hybridized carbons (Fsp3) is 0.320. The molecule has 5 rings (SSSR count). The van der Waals surface area contributed by atoms with E-state index < -0.39 is 22.8 Å². The number of carboxylic acid groups (broad SMARTS) is 1. The third kappa shape index (κ3) is 4.21. The Labute approximate surface area is 215 Å². The Morgan fingerprint density at radius 1 is 1.14 bits per heavy atom. The molecular weight excluding hydrogens is 512 g/mol. The predicted octanol–water partition coefficient (Wildman–Crippen LogP) is 4.10. The molecule has 2 aliphatic rings. The van der Waals surface area contributed by atoms with Crippen LogP contribution in [0.15, 0.2) is 35.3 Å². The minimum Gasteiger partial charge on any atom is -0.487 e. The standard InChI is InChI=1S/C25H22Cl2FN3O5/c1-13-12-36-24-21-16(23(33)17(25(34)35)10-31(13)21)9-19(28)22(24)30-6-4-29(5-7-30)11-20(32)15-3-2-14(26)8-18(15)27/h2-3,8-10,13H,4-7,11-12H2,1H3,(H,34,35)/t13-/m0/s1. The van der Waals surface area contributed by atoms with Gasteiger partial charge in [0, 0.05) is 43.0 Å². The van der Waals surface area contributed by atoms with E-state index in [9.17, 15) is 19.5 Å². The van der Waals surface area contributed by atoms with E-state index in [4.69, 9.17) is 27.9 Å². The molecule has 11 heteroatoms. The number of carbonyl (C=O) groups is 2. The van der Waals surface area contributed by atoms with E-state index in [2.05, 4.69) is 0 Å². The molecule has 3 heterocycles. The van der Waals surface area contributed by atoms with Crippen molar-refractivity contribution in [3.63, 3.8) is 0 Å². The third-order valence-electron chi connectivity index (χ3n) is 6.66. The molecular formula is C25H22Cl2FN3O5. The number of pyridine rings is 1. The van der Waals surface area contributed by atoms with E-state index in [1.54, 1.807) is 16.7 Å². The number of carboxylic acids is 1. The molecule has 1 fully saturated rings. The Bertz CT molecular complexity index is 1470. The van der Waals surface area contributed by atoms with Gasteiger partial charge in [0.05, 0.1) is 28.5 Å². The van der Waals surface area contributed by atoms with Crippen LogP contribution in [-0.2, 0) is 0 Å². The van der Waals surface area contributed by atoms with Crippen LogP contribution in [0.25, 0.3) is 10.9 Å². The lowest BCUT2D eigenvalue weighted by Crippen LogP contribution is -2.48. The van der Waals surface area contributed by atoms with Gasteiger partial charge in [-0.25, -0.2) is 9.18 Å². The van der Waals surface area contributed by atoms with Gasteiger partial charge in [0.1, 0.15) is 17.9 Å². The molecule has 2 aromatic carbocycles. The van der Waals surface area contributed by atoms with Gasteiger partial charge in [0.2, 0.25) is 5.43 Å². The molecule has 2 aliphatic heterocycles. The summed E-state index contributed by atoms with van der Waals surface area (Å²) >= 11 is 12.1. The highest BCUT2D eigenvalue weighted by Crippen LogP contribution is 2.42. The maximum Gasteiger partial charge on any atom is 0.341 e. The SMILES string of the molecule is C[C@H]1COc2c(N3CCN(CC(=O)c4ccc(Cl)cc4Cl)CC3)c(F)cc3c(=O)c(C(=O)O)cn1c23. The lowest BCUT2D eigenvalue weighted by molar-refractivity contribution is 0.0694. The number of hydrogen-bond donors (Lipinski definition) is 1. The Hall–Kier alpha value is -3.14. The maximum atomic E-state index is 15.4. The number of hydrogen-bond acceptors (Lipinski definition) is 6. The number of aromatic nitrogens is 1. The molecule has 0 spiro atoms. The van der Waals surface area contributed by atoms with Gasteiger partial charge in [-0.15, -0.1) is 0 Å². The quantitative estimate of drug-likeness (QED) is 0.493. The number of piperazine rings is 1. The molecule has 36 heavy (non-hydrogen) atoms. The average Bonchev–Trinajstić information content (AvgIpc) is 2.83. The summed E-state index contributed by atoms with van der Waals surface area (Å²) in [5.74, 6) is -1.92. The smallest absolute Gasteiger partial charge is 0.341 e. The molecule has 3 aromatic rings. The topological polar surface area (TPSA) is 92.1 Å². The molecule has 188 valence electrons. The molecule has 0 bridgehead atoms. The molecule has 1 saturated heterocycles. The minimum absolute atomic E-state index is 0.0261. The molecule has 1 N–H and O–H groups in total. The Morgan fingerprint density at radius 2 is 1.86 bits per heavy atom. The van der Waals surface area contributed by atoms with Gasteiger partial charge in [-0.1, -0.05) is 23.2 Å². The van der Waals surface area contributed by atoms with Crippen molar-refractivity contribution in [3.05, 3.63) is 67.7 Å². The Balaban J connectivity index is 1.42. The summed E-state index contributed by atoms with van der Waals surface area (Å²) in [6.45, 7) is 4.04. The second kappa shape index (κ2) is 9.38. The number of Topliss-reactive ketones (excluding diaryl/α,β-unsaturated/α-hetero) is 1. The van der Waals surface area contributed by atoms with Crippen LogP contribution in [0, 0.1) is 5.82 Å². The first-order valence-corrected chi connectivity index (χ1v) is 12.1. The summed E-state index contributed by atoms with van der Waals surface area (Å²) in [6, 6.07) is 5.61. The Morgan fingerprint density at radius 3 is 2.53 bits per heavy atom. The van der Waals surface area contributed by atoms with Crippen LogP contribution in [0.3, 0.4) is 0 Å². The van der Waals surface area contributed by atoms with Crippen molar-refractivity contribution in [2.75, 3.05) is 44.2 Å². The molecule has 0 unspecified atom stereocenters. The van der Waals surface area contributed by atoms with Crippen molar-refractivity contribution in [2.45, 2.75) is 13.0 Å². The van der Waals surface area contributed by atoms with E-state index in [1.165, 1.54) is 12.3 Å². The van der Waals surface area contributed by atoms with E-state index >= 15 is 4.39 Å². The molecule has 1 aromatic heterocycles. The third-order valence-corrected chi connectivity index (χ3v) is 7.21. The number of aromatic carboxylic acids is 1. The fourth-order valence-electron chi connectivity index (χ4n) is 4.79. The van der Waals surface area contributed by atoms with Crippen molar-refractivity contribution >= 4 is 51.5 Å². The zero-order valence-corrected chi connectivity index (χ0v) is 20.8. The fourth-order valence-corrected chi connectivity index (χ4v) is 5.31. The number of rotatable bonds is 5. The highest BCUT2D eigenvalue weighted by molar-refractivity contribution is 6.36. The van der Waals surface area contributed by atoms with Crippen molar-refractivity contribution in [2.24, 2.45) is 0 Å². The van der Waals surface area contributed by atoms with Crippen LogP contribution in [0.1, 0.15) is 33.7 Å². The second-order valence-corrected chi connectivity index (χ2v) is 9.83. The number of carbonyl (C=O) groups excluding carboxylic acids is 1. The van der Waals surface area contributed by atoms with E-state index in [0.717, 1.165) is 6.07 Å². The first kappa shape index (κ1) is 24.5. The number of ketones is 1. The zero-order valence-electron chi connectivity index (χ0n) is 19.3. The summed E-state index contributed by atoms with van der Waals surface area (Å²) in [7, 11) is 0. The highest BCUT2D eigenvalue weighted by atomic mass is 35.5. The summed E-state index contributed by atoms with van der Waals surface area (Å²) in [6.07, 6.45) is 1.30. The predicted molar refractivity (Wildman–Crippen MR) is 135 cm³/mol. The second-order valence-electron chi connectivity index (χ2n) is 8.99. The van der Waals surface area contributed by atoms with Gasteiger partial charge in [-0.05, 0) is 31.2 Å². The van der Waals surface area contributed by atoms with Crippen molar-refractivity contribution < 1.29 is 23.8 Å².